The molecule has 0 spiro atoms. The molecular formula is C31H41BrN4O3. The summed E-state index contributed by atoms with van der Waals surface area (Å²) in [7, 11) is 3.93. The number of aromatic nitrogens is 2. The quantitative estimate of drug-likeness (QED) is 0.297. The first-order valence-corrected chi connectivity index (χ1v) is 14.8. The van der Waals surface area contributed by atoms with Crippen LogP contribution in [0.5, 0.6) is 0 Å². The van der Waals surface area contributed by atoms with E-state index in [1.54, 1.807) is 7.11 Å². The van der Waals surface area contributed by atoms with Crippen molar-refractivity contribution in [2.75, 3.05) is 51.8 Å². The van der Waals surface area contributed by atoms with Gasteiger partial charge in [-0.3, -0.25) is 9.78 Å². The van der Waals surface area contributed by atoms with Crippen LogP contribution < -0.4 is 4.90 Å². The molecule has 0 saturated carbocycles. The zero-order chi connectivity index (χ0) is 27.9. The molecule has 0 unspecified atom stereocenters. The maximum Gasteiger partial charge on any atom is 0.302 e. The molecule has 8 heteroatoms. The van der Waals surface area contributed by atoms with Gasteiger partial charge in [-0.1, -0.05) is 29.8 Å². The van der Waals surface area contributed by atoms with Crippen LogP contribution in [-0.4, -0.2) is 67.4 Å². The van der Waals surface area contributed by atoms with E-state index in [9.17, 15) is 4.79 Å². The third kappa shape index (κ3) is 5.74. The molecule has 1 atom stereocenters. The molecular weight excluding hydrogens is 556 g/mol. The number of ether oxygens (including phenoxy) is 2. The summed E-state index contributed by atoms with van der Waals surface area (Å²) in [5, 5.41) is 1.27. The number of rotatable bonds is 8. The van der Waals surface area contributed by atoms with Gasteiger partial charge in [-0.25, -0.2) is 0 Å². The number of carbonyl (C=O) groups is 1. The van der Waals surface area contributed by atoms with Crippen molar-refractivity contribution in [1.82, 2.24) is 14.5 Å². The molecule has 1 aromatic carbocycles. The molecule has 5 rings (SSSR count). The second kappa shape index (κ2) is 11.2. The number of halogens is 1. The predicted molar refractivity (Wildman–Crippen MR) is 160 cm³/mol. The molecule has 3 aromatic rings. The van der Waals surface area contributed by atoms with Crippen molar-refractivity contribution in [3.05, 3.63) is 45.7 Å². The summed E-state index contributed by atoms with van der Waals surface area (Å²) >= 11 is 3.80. The largest absolute Gasteiger partial charge is 0.465 e. The molecule has 0 aliphatic carbocycles. The number of esters is 1. The number of piperazine rings is 1. The van der Waals surface area contributed by atoms with Gasteiger partial charge in [0.05, 0.1) is 41.5 Å². The fraction of sp³-hybridized carbons (Fsp3) is 0.548. The normalized spacial score (nSPS) is 17.1. The van der Waals surface area contributed by atoms with E-state index in [1.807, 2.05) is 6.20 Å². The van der Waals surface area contributed by atoms with Crippen molar-refractivity contribution in [2.24, 2.45) is 5.41 Å². The number of pyridine rings is 1. The van der Waals surface area contributed by atoms with Crippen molar-refractivity contribution < 1.29 is 14.3 Å². The topological polar surface area (TPSA) is 59.8 Å². The molecule has 2 aromatic heterocycles. The van der Waals surface area contributed by atoms with E-state index >= 15 is 0 Å². The lowest BCUT2D eigenvalue weighted by molar-refractivity contribution is -0.143. The molecule has 2 aliphatic heterocycles. The third-order valence-corrected chi connectivity index (χ3v) is 8.68. The highest BCUT2D eigenvalue weighted by atomic mass is 79.9. The fourth-order valence-corrected chi connectivity index (χ4v) is 6.59. The number of likely N-dealkylation sites (N-methyl/N-ethyl adjacent to an activating group) is 1. The van der Waals surface area contributed by atoms with Gasteiger partial charge in [0.15, 0.2) is 0 Å². The van der Waals surface area contributed by atoms with E-state index in [0.717, 1.165) is 73.4 Å². The zero-order valence-electron chi connectivity index (χ0n) is 24.1. The molecule has 39 heavy (non-hydrogen) atoms. The first-order valence-electron chi connectivity index (χ1n) is 14.0. The van der Waals surface area contributed by atoms with E-state index in [0.29, 0.717) is 6.61 Å². The average molecular weight is 598 g/mol. The van der Waals surface area contributed by atoms with E-state index in [1.165, 1.54) is 34.6 Å². The monoisotopic (exact) mass is 596 g/mol. The number of hydrogen-bond donors (Lipinski definition) is 0. The summed E-state index contributed by atoms with van der Waals surface area (Å²) in [5.74, 6) is -0.242. The molecule has 0 amide bonds. The van der Waals surface area contributed by atoms with Gasteiger partial charge in [-0.15, -0.1) is 0 Å². The van der Waals surface area contributed by atoms with Crippen LogP contribution in [0.25, 0.3) is 22.2 Å². The van der Waals surface area contributed by atoms with Gasteiger partial charge in [0.1, 0.15) is 0 Å². The van der Waals surface area contributed by atoms with Gasteiger partial charge >= 0.3 is 5.97 Å². The number of carbonyl (C=O) groups excluding carboxylic acids is 1. The van der Waals surface area contributed by atoms with E-state index in [2.05, 4.69) is 76.3 Å². The highest BCUT2D eigenvalue weighted by Crippen LogP contribution is 2.44. The summed E-state index contributed by atoms with van der Waals surface area (Å²) in [6.45, 7) is 13.3. The lowest BCUT2D eigenvalue weighted by Gasteiger charge is -2.34. The van der Waals surface area contributed by atoms with Gasteiger partial charge in [0.2, 0.25) is 0 Å². The standard InChI is InChI=1S/C31H41BrN4O3/c1-20(38-6)28-26(16-24(18-33-28)35-12-10-34(5)11-13-35)30-27(17-31(3,4)19-39-21(2)37)25-15-23(32)14-22-8-7-9-36(30)29(22)25/h14-16,18,20H,7-13,17,19H2,1-6H3/t20-/m0/s1. The van der Waals surface area contributed by atoms with Crippen molar-refractivity contribution >= 4 is 38.5 Å². The first kappa shape index (κ1) is 28.1. The summed E-state index contributed by atoms with van der Waals surface area (Å²) < 4.78 is 15.0. The zero-order valence-corrected chi connectivity index (χ0v) is 25.7. The van der Waals surface area contributed by atoms with E-state index < -0.39 is 0 Å². The Kier molecular flexibility index (Phi) is 8.09. The minimum Gasteiger partial charge on any atom is -0.465 e. The molecule has 0 N–H and O–H groups in total. The van der Waals surface area contributed by atoms with Crippen molar-refractivity contribution in [3.63, 3.8) is 0 Å². The molecule has 2 aliphatic rings. The van der Waals surface area contributed by atoms with Crippen LogP contribution in [0.2, 0.25) is 0 Å². The van der Waals surface area contributed by atoms with E-state index in [4.69, 9.17) is 14.5 Å². The number of anilines is 1. The summed E-state index contributed by atoms with van der Waals surface area (Å²) in [6.07, 6.45) is 4.80. The Morgan fingerprint density at radius 1 is 1.15 bits per heavy atom. The van der Waals surface area contributed by atoms with Crippen molar-refractivity contribution in [2.45, 2.75) is 59.6 Å². The number of hydrogen-bond acceptors (Lipinski definition) is 6. The predicted octanol–water partition coefficient (Wildman–Crippen LogP) is 6.00. The number of nitrogens with zero attached hydrogens (tertiary/aromatic N) is 4. The molecule has 0 radical (unpaired) electrons. The smallest absolute Gasteiger partial charge is 0.302 e. The van der Waals surface area contributed by atoms with Crippen LogP contribution in [0.15, 0.2) is 28.9 Å². The Balaban J connectivity index is 1.74. The van der Waals surface area contributed by atoms with Gasteiger partial charge in [-0.05, 0) is 62.6 Å². The second-order valence-electron chi connectivity index (χ2n) is 12.0. The Morgan fingerprint density at radius 3 is 2.59 bits per heavy atom. The lowest BCUT2D eigenvalue weighted by Crippen LogP contribution is -2.44. The van der Waals surface area contributed by atoms with Gasteiger partial charge in [0, 0.05) is 67.6 Å². The molecule has 210 valence electrons. The average Bonchev–Trinajstić information content (AvgIpc) is 3.20. The number of benzene rings is 1. The Bertz CT molecular complexity index is 1370. The summed E-state index contributed by atoms with van der Waals surface area (Å²) in [5.41, 5.74) is 8.21. The summed E-state index contributed by atoms with van der Waals surface area (Å²) in [4.78, 5) is 21.6. The van der Waals surface area contributed by atoms with E-state index in [-0.39, 0.29) is 17.5 Å². The molecule has 0 bridgehead atoms. The van der Waals surface area contributed by atoms with Crippen LogP contribution in [0, 0.1) is 5.41 Å². The van der Waals surface area contributed by atoms with Crippen LogP contribution in [0.3, 0.4) is 0 Å². The van der Waals surface area contributed by atoms with Crippen LogP contribution in [-0.2, 0) is 33.7 Å². The molecule has 4 heterocycles. The number of aryl methyl sites for hydroxylation is 2. The van der Waals surface area contributed by atoms with Gasteiger partial charge < -0.3 is 23.8 Å². The SMILES string of the molecule is CO[C@@H](C)c1ncc(N2CCN(C)CC2)cc1-c1c(CC(C)(C)COC(C)=O)c2cc(Br)cc3c2n1CCC3. The lowest BCUT2D eigenvalue weighted by atomic mass is 9.84. The van der Waals surface area contributed by atoms with Gasteiger partial charge in [-0.2, -0.15) is 0 Å². The Hall–Kier alpha value is -2.42. The Labute approximate surface area is 240 Å². The van der Waals surface area contributed by atoms with Gasteiger partial charge in [0.25, 0.3) is 0 Å². The molecule has 1 saturated heterocycles. The summed E-state index contributed by atoms with van der Waals surface area (Å²) in [6, 6.07) is 6.87. The minimum absolute atomic E-state index is 0.149. The van der Waals surface area contributed by atoms with Crippen LogP contribution in [0.1, 0.15) is 57.0 Å². The molecule has 1 fully saturated rings. The Morgan fingerprint density at radius 2 is 1.90 bits per heavy atom. The third-order valence-electron chi connectivity index (χ3n) is 8.22. The first-order chi connectivity index (χ1) is 18.6. The minimum atomic E-state index is -0.244. The highest BCUT2D eigenvalue weighted by Gasteiger charge is 2.31. The van der Waals surface area contributed by atoms with Crippen molar-refractivity contribution in [1.29, 1.82) is 0 Å². The maximum atomic E-state index is 11.7. The molecule has 7 nitrogen and oxygen atoms in total. The highest BCUT2D eigenvalue weighted by molar-refractivity contribution is 9.10. The second-order valence-corrected chi connectivity index (χ2v) is 12.9. The van der Waals surface area contributed by atoms with Crippen LogP contribution in [0.4, 0.5) is 5.69 Å². The number of methoxy groups -OCH3 is 1. The van der Waals surface area contributed by atoms with Crippen LogP contribution >= 0.6 is 15.9 Å². The van der Waals surface area contributed by atoms with Crippen molar-refractivity contribution in [3.8, 4) is 11.3 Å². The maximum absolute atomic E-state index is 11.7. The fourth-order valence-electron chi connectivity index (χ4n) is 6.09.